The zero-order valence-corrected chi connectivity index (χ0v) is 22.3. The van der Waals surface area contributed by atoms with Crippen LogP contribution in [0.25, 0.3) is 0 Å². The first-order valence-electron chi connectivity index (χ1n) is 13.3. The lowest BCUT2D eigenvalue weighted by atomic mass is 10.0. The molecule has 0 bridgehead atoms. The summed E-state index contributed by atoms with van der Waals surface area (Å²) in [5.74, 6) is 1.27. The third-order valence-corrected chi connectivity index (χ3v) is 7.84. The molecule has 1 aromatic carbocycles. The smallest absolute Gasteiger partial charge is 0.371 e. The van der Waals surface area contributed by atoms with Gasteiger partial charge in [-0.15, -0.1) is 0 Å². The van der Waals surface area contributed by atoms with E-state index in [0.717, 1.165) is 44.7 Å². The minimum absolute atomic E-state index is 0.0762. The Kier molecular flexibility index (Phi) is 8.64. The Morgan fingerprint density at radius 1 is 1.11 bits per heavy atom. The minimum Gasteiger partial charge on any atom is -0.371 e. The van der Waals surface area contributed by atoms with E-state index in [-0.39, 0.29) is 11.9 Å². The number of aromatic nitrogens is 2. The Balaban J connectivity index is 0.000000178. The molecule has 2 aromatic rings. The number of halogens is 3. The number of carbonyl (C=O) groups excluding carboxylic acids is 2. The lowest BCUT2D eigenvalue weighted by molar-refractivity contribution is -0.137. The molecule has 1 aromatic heterocycles. The predicted octanol–water partition coefficient (Wildman–Crippen LogP) is 4.59. The van der Waals surface area contributed by atoms with Crippen molar-refractivity contribution in [3.8, 4) is 0 Å². The van der Waals surface area contributed by atoms with Crippen molar-refractivity contribution in [2.75, 3.05) is 50.1 Å². The van der Waals surface area contributed by atoms with E-state index >= 15 is 0 Å². The molecule has 2 amide bonds. The first kappa shape index (κ1) is 27.9. The summed E-state index contributed by atoms with van der Waals surface area (Å²) < 4.78 is 39.4. The maximum atomic E-state index is 12.7. The summed E-state index contributed by atoms with van der Waals surface area (Å²) in [4.78, 5) is 29.2. The normalized spacial score (nSPS) is 20.8. The first-order chi connectivity index (χ1) is 18.1. The largest absolute Gasteiger partial charge is 0.416 e. The van der Waals surface area contributed by atoms with E-state index in [0.29, 0.717) is 29.6 Å². The lowest BCUT2D eigenvalue weighted by Gasteiger charge is -2.22. The van der Waals surface area contributed by atoms with Gasteiger partial charge in [-0.25, -0.2) is 4.79 Å². The number of anilines is 2. The molecule has 38 heavy (non-hydrogen) atoms. The fourth-order valence-corrected chi connectivity index (χ4v) is 5.67. The highest BCUT2D eigenvalue weighted by Crippen LogP contribution is 2.38. The number of nitrogens with zero attached hydrogens (tertiary/aromatic N) is 5. The fourth-order valence-electron chi connectivity index (χ4n) is 5.67. The number of fused-ring (bicyclic) bond motifs is 1. The molecule has 1 N–H and O–H groups in total. The molecule has 0 radical (unpaired) electrons. The van der Waals surface area contributed by atoms with Crippen molar-refractivity contribution < 1.29 is 22.8 Å². The Bertz CT molecular complexity index is 1120. The second-order valence-electron chi connectivity index (χ2n) is 10.4. The minimum atomic E-state index is -4.27. The quantitative estimate of drug-likeness (QED) is 0.621. The van der Waals surface area contributed by atoms with Gasteiger partial charge in [-0.3, -0.25) is 4.79 Å². The molecule has 8 nitrogen and oxygen atoms in total. The summed E-state index contributed by atoms with van der Waals surface area (Å²) in [6.45, 7) is 5.50. The van der Waals surface area contributed by atoms with E-state index in [1.807, 2.05) is 4.90 Å². The number of amides is 2. The lowest BCUT2D eigenvalue weighted by Crippen LogP contribution is -2.33. The summed E-state index contributed by atoms with van der Waals surface area (Å²) in [5, 5.41) is 7.02. The first-order valence-corrected chi connectivity index (χ1v) is 13.3. The fraction of sp³-hybridized carbons (Fsp3) is 0.593. The van der Waals surface area contributed by atoms with E-state index in [2.05, 4.69) is 15.3 Å². The van der Waals surface area contributed by atoms with Gasteiger partial charge in [0.1, 0.15) is 0 Å². The van der Waals surface area contributed by atoms with Crippen molar-refractivity contribution in [2.24, 2.45) is 11.8 Å². The summed E-state index contributed by atoms with van der Waals surface area (Å²) in [5.41, 5.74) is 1.71. The topological polar surface area (TPSA) is 73.7 Å². The van der Waals surface area contributed by atoms with E-state index in [4.69, 9.17) is 0 Å². The number of carbonyl (C=O) groups is 2. The Labute approximate surface area is 221 Å². The molecule has 2 saturated heterocycles. The summed E-state index contributed by atoms with van der Waals surface area (Å²) in [6.07, 6.45) is 4.91. The van der Waals surface area contributed by atoms with Crippen LogP contribution in [0.4, 0.5) is 29.3 Å². The van der Waals surface area contributed by atoms with E-state index in [1.54, 1.807) is 32.6 Å². The number of rotatable bonds is 4. The Morgan fingerprint density at radius 3 is 2.34 bits per heavy atom. The molecule has 5 rings (SSSR count). The van der Waals surface area contributed by atoms with Crippen LogP contribution in [0, 0.1) is 11.8 Å². The van der Waals surface area contributed by atoms with Gasteiger partial charge < -0.3 is 20.0 Å². The van der Waals surface area contributed by atoms with E-state index in [1.165, 1.54) is 47.9 Å². The number of benzene rings is 1. The molecule has 2 atom stereocenters. The van der Waals surface area contributed by atoms with Gasteiger partial charge >= 0.3 is 12.2 Å². The summed E-state index contributed by atoms with van der Waals surface area (Å²) in [7, 11) is 3.42. The van der Waals surface area contributed by atoms with Gasteiger partial charge in [0, 0.05) is 52.4 Å². The molecule has 2 unspecified atom stereocenters. The van der Waals surface area contributed by atoms with Crippen LogP contribution in [-0.4, -0.2) is 66.9 Å². The van der Waals surface area contributed by atoms with Crippen molar-refractivity contribution in [1.82, 2.24) is 20.0 Å². The zero-order chi connectivity index (χ0) is 27.4. The molecule has 0 spiro atoms. The van der Waals surface area contributed by atoms with Crippen molar-refractivity contribution >= 4 is 23.3 Å². The van der Waals surface area contributed by atoms with Crippen molar-refractivity contribution in [3.63, 3.8) is 0 Å². The number of likely N-dealkylation sites (tertiary alicyclic amines) is 1. The molecule has 2 aliphatic heterocycles. The zero-order valence-electron chi connectivity index (χ0n) is 22.3. The van der Waals surface area contributed by atoms with Gasteiger partial charge in [0.25, 0.3) is 0 Å². The molecular weight excluding hydrogens is 497 g/mol. The van der Waals surface area contributed by atoms with Gasteiger partial charge in [-0.2, -0.15) is 23.0 Å². The molecule has 11 heteroatoms. The predicted molar refractivity (Wildman–Crippen MR) is 140 cm³/mol. The average Bonchev–Trinajstić information content (AvgIpc) is 3.67. The van der Waals surface area contributed by atoms with Gasteiger partial charge in [0.2, 0.25) is 5.91 Å². The van der Waals surface area contributed by atoms with Crippen molar-refractivity contribution in [3.05, 3.63) is 41.7 Å². The third kappa shape index (κ3) is 6.31. The van der Waals surface area contributed by atoms with Crippen LogP contribution in [0.5, 0.6) is 0 Å². The van der Waals surface area contributed by atoms with Gasteiger partial charge in [-0.05, 0) is 68.3 Å². The van der Waals surface area contributed by atoms with Gasteiger partial charge in [0.05, 0.1) is 23.6 Å². The molecule has 1 aliphatic carbocycles. The number of hydrogen-bond donors (Lipinski definition) is 1. The van der Waals surface area contributed by atoms with E-state index in [9.17, 15) is 22.8 Å². The monoisotopic (exact) mass is 534 g/mol. The van der Waals surface area contributed by atoms with Crippen LogP contribution >= 0.6 is 0 Å². The summed E-state index contributed by atoms with van der Waals surface area (Å²) in [6, 6.07) is 3.94. The Hall–Kier alpha value is -3.08. The van der Waals surface area contributed by atoms with Crippen molar-refractivity contribution in [2.45, 2.75) is 51.7 Å². The van der Waals surface area contributed by atoms with Gasteiger partial charge in [0.15, 0.2) is 0 Å². The standard InChI is InChI=1S/C14H20N4O2.C13H17F3N2/c1-10(19)16(2)13-6-15-18(9-13)14(20)17-7-11-4-3-5-12(11)8-17;1-17-9-10-8-11(13(14,15)16)4-5-12(10)18-6-2-3-7-18/h6,9,11-12H,3-5,7-8H2,1-2H3;4-5,8,17H,2-3,6-7,9H2,1H3. The second kappa shape index (κ2) is 11.8. The summed E-state index contributed by atoms with van der Waals surface area (Å²) >= 11 is 0. The van der Waals surface area contributed by atoms with E-state index < -0.39 is 11.7 Å². The second-order valence-corrected chi connectivity index (χ2v) is 10.4. The maximum Gasteiger partial charge on any atom is 0.416 e. The Morgan fingerprint density at radius 2 is 1.76 bits per heavy atom. The number of alkyl halides is 3. The molecule has 208 valence electrons. The van der Waals surface area contributed by atoms with Crippen LogP contribution in [0.15, 0.2) is 30.6 Å². The third-order valence-electron chi connectivity index (χ3n) is 7.84. The highest BCUT2D eigenvalue weighted by molar-refractivity contribution is 5.91. The molecule has 1 saturated carbocycles. The maximum absolute atomic E-state index is 12.7. The van der Waals surface area contributed by atoms with Crippen molar-refractivity contribution in [1.29, 1.82) is 0 Å². The van der Waals surface area contributed by atoms with Gasteiger partial charge in [-0.1, -0.05) is 6.42 Å². The number of nitrogens with one attached hydrogen (secondary N) is 1. The molecule has 3 heterocycles. The number of hydrogen-bond acceptors (Lipinski definition) is 5. The van der Waals surface area contributed by atoms with Crippen LogP contribution in [0.1, 0.15) is 50.2 Å². The molecule has 3 aliphatic rings. The van der Waals surface area contributed by atoms with Crippen LogP contribution in [0.3, 0.4) is 0 Å². The SMILES string of the molecule is CC(=O)N(C)c1cnn(C(=O)N2CC3CCCC3C2)c1.CNCc1cc(C(F)(F)F)ccc1N1CCCC1. The van der Waals surface area contributed by atoms with Crippen LogP contribution in [-0.2, 0) is 17.5 Å². The highest BCUT2D eigenvalue weighted by Gasteiger charge is 2.38. The van der Waals surface area contributed by atoms with Crippen LogP contribution < -0.4 is 15.1 Å². The molecule has 3 fully saturated rings. The average molecular weight is 535 g/mol. The highest BCUT2D eigenvalue weighted by atomic mass is 19.4. The van der Waals surface area contributed by atoms with Crippen LogP contribution in [0.2, 0.25) is 0 Å². The molecular formula is C27H37F3N6O2.